The molecule has 3 rings (SSSR count). The van der Waals surface area contributed by atoms with E-state index in [9.17, 15) is 4.79 Å². The third kappa shape index (κ3) is 3.47. The van der Waals surface area contributed by atoms with Crippen LogP contribution in [0.5, 0.6) is 0 Å². The minimum atomic E-state index is -0.386. The van der Waals surface area contributed by atoms with E-state index >= 15 is 0 Å². The smallest absolute Gasteiger partial charge is 0.291 e. The Morgan fingerprint density at radius 3 is 2.75 bits per heavy atom. The van der Waals surface area contributed by atoms with Gasteiger partial charge in [0, 0.05) is 15.1 Å². The summed E-state index contributed by atoms with van der Waals surface area (Å²) in [6.07, 6.45) is 0. The lowest BCUT2D eigenvalue weighted by Gasteiger charge is -2.09. The first-order valence-electron chi connectivity index (χ1n) is 7.17. The lowest BCUT2D eigenvalue weighted by Crippen LogP contribution is -2.12. The average Bonchev–Trinajstić information content (AvgIpc) is 3.02. The molecule has 1 heterocycles. The number of nitrogens with one attached hydrogen (secondary N) is 1. The number of aryl methyl sites for hydroxylation is 1. The molecule has 4 nitrogen and oxygen atoms in total. The predicted molar refractivity (Wildman–Crippen MR) is 100 cm³/mol. The quantitative estimate of drug-likeness (QED) is 0.565. The summed E-state index contributed by atoms with van der Waals surface area (Å²) in [4.78, 5) is 12.4. The molecule has 3 N–H and O–H groups in total. The molecule has 0 radical (unpaired) electrons. The molecule has 122 valence electrons. The van der Waals surface area contributed by atoms with Crippen molar-refractivity contribution in [1.29, 1.82) is 0 Å². The number of carbonyl (C=O) groups is 1. The van der Waals surface area contributed by atoms with Gasteiger partial charge in [0.1, 0.15) is 5.76 Å². The minimum absolute atomic E-state index is 0.195. The van der Waals surface area contributed by atoms with Crippen LogP contribution in [-0.2, 0) is 0 Å². The first kappa shape index (κ1) is 16.6. The lowest BCUT2D eigenvalue weighted by molar-refractivity contribution is 0.0997. The number of rotatable bonds is 3. The standard InChI is InChI=1S/C18H14BrClN2O2/c1-10-7-14(21)15(9-13(10)20)22-18(23)17-6-5-16(24-17)11-3-2-4-12(19)8-11/h2-9H,21H2,1H3,(H,22,23). The van der Waals surface area contributed by atoms with Crippen molar-refractivity contribution in [2.45, 2.75) is 6.92 Å². The van der Waals surface area contributed by atoms with Gasteiger partial charge in [-0.1, -0.05) is 39.7 Å². The van der Waals surface area contributed by atoms with Gasteiger partial charge < -0.3 is 15.5 Å². The lowest BCUT2D eigenvalue weighted by atomic mass is 10.2. The Morgan fingerprint density at radius 1 is 1.21 bits per heavy atom. The van der Waals surface area contributed by atoms with Gasteiger partial charge in [0.15, 0.2) is 5.76 Å². The van der Waals surface area contributed by atoms with Crippen molar-refractivity contribution >= 4 is 44.8 Å². The molecule has 1 amide bonds. The van der Waals surface area contributed by atoms with Crippen molar-refractivity contribution in [1.82, 2.24) is 0 Å². The molecule has 0 saturated heterocycles. The number of carbonyl (C=O) groups excluding carboxylic acids is 1. The third-order valence-corrected chi connectivity index (χ3v) is 4.42. The molecule has 0 spiro atoms. The number of furan rings is 1. The molecule has 0 aliphatic heterocycles. The van der Waals surface area contributed by atoms with Gasteiger partial charge in [-0.05, 0) is 48.9 Å². The molecule has 0 atom stereocenters. The van der Waals surface area contributed by atoms with E-state index in [0.29, 0.717) is 22.2 Å². The Morgan fingerprint density at radius 2 is 2.00 bits per heavy atom. The molecule has 0 unspecified atom stereocenters. The van der Waals surface area contributed by atoms with Gasteiger partial charge in [-0.2, -0.15) is 0 Å². The van der Waals surface area contributed by atoms with E-state index in [1.54, 1.807) is 24.3 Å². The number of hydrogen-bond donors (Lipinski definition) is 2. The third-order valence-electron chi connectivity index (χ3n) is 3.52. The van der Waals surface area contributed by atoms with E-state index in [0.717, 1.165) is 15.6 Å². The number of hydrogen-bond acceptors (Lipinski definition) is 3. The number of nitrogen functional groups attached to an aromatic ring is 1. The summed E-state index contributed by atoms with van der Waals surface area (Å²) in [5.41, 5.74) is 8.55. The van der Waals surface area contributed by atoms with E-state index in [4.69, 9.17) is 21.8 Å². The van der Waals surface area contributed by atoms with Gasteiger partial charge in [0.25, 0.3) is 5.91 Å². The summed E-state index contributed by atoms with van der Waals surface area (Å²) in [6, 6.07) is 14.4. The molecule has 1 aromatic heterocycles. The van der Waals surface area contributed by atoms with Crippen LogP contribution in [-0.4, -0.2) is 5.91 Å². The highest BCUT2D eigenvalue weighted by atomic mass is 79.9. The van der Waals surface area contributed by atoms with E-state index in [1.807, 2.05) is 31.2 Å². The normalized spacial score (nSPS) is 10.6. The molecular weight excluding hydrogens is 392 g/mol. The highest BCUT2D eigenvalue weighted by Gasteiger charge is 2.14. The van der Waals surface area contributed by atoms with Crippen LogP contribution < -0.4 is 11.1 Å². The Bertz CT molecular complexity index is 921. The van der Waals surface area contributed by atoms with Gasteiger partial charge in [-0.3, -0.25) is 4.79 Å². The van der Waals surface area contributed by atoms with E-state index in [1.165, 1.54) is 0 Å². The molecule has 0 aliphatic carbocycles. The summed E-state index contributed by atoms with van der Waals surface area (Å²) >= 11 is 9.49. The van der Waals surface area contributed by atoms with Crippen LogP contribution in [0.1, 0.15) is 16.1 Å². The Balaban J connectivity index is 1.83. The SMILES string of the molecule is Cc1cc(N)c(NC(=O)c2ccc(-c3cccc(Br)c3)o2)cc1Cl. The second-order valence-electron chi connectivity index (χ2n) is 5.32. The zero-order chi connectivity index (χ0) is 17.3. The second kappa shape index (κ2) is 6.71. The predicted octanol–water partition coefficient (Wildman–Crippen LogP) is 5.51. The average molecular weight is 406 g/mol. The van der Waals surface area contributed by atoms with Gasteiger partial charge in [-0.15, -0.1) is 0 Å². The van der Waals surface area contributed by atoms with E-state index in [2.05, 4.69) is 21.2 Å². The van der Waals surface area contributed by atoms with Crippen LogP contribution in [0.15, 0.2) is 57.4 Å². The van der Waals surface area contributed by atoms with Crippen LogP contribution in [0.3, 0.4) is 0 Å². The van der Waals surface area contributed by atoms with Gasteiger partial charge in [-0.25, -0.2) is 0 Å². The van der Waals surface area contributed by atoms with Crippen molar-refractivity contribution < 1.29 is 9.21 Å². The number of amides is 1. The fourth-order valence-electron chi connectivity index (χ4n) is 2.25. The van der Waals surface area contributed by atoms with Gasteiger partial charge >= 0.3 is 0 Å². The fraction of sp³-hybridized carbons (Fsp3) is 0.0556. The number of benzene rings is 2. The van der Waals surface area contributed by atoms with Crippen LogP contribution in [0.25, 0.3) is 11.3 Å². The highest BCUT2D eigenvalue weighted by molar-refractivity contribution is 9.10. The minimum Gasteiger partial charge on any atom is -0.451 e. The Kier molecular flexibility index (Phi) is 4.64. The van der Waals surface area contributed by atoms with Crippen molar-refractivity contribution in [2.75, 3.05) is 11.1 Å². The van der Waals surface area contributed by atoms with E-state index < -0.39 is 0 Å². The van der Waals surface area contributed by atoms with Crippen LogP contribution in [0.2, 0.25) is 5.02 Å². The molecule has 0 aliphatic rings. The summed E-state index contributed by atoms with van der Waals surface area (Å²) in [7, 11) is 0. The maximum Gasteiger partial charge on any atom is 0.291 e. The molecule has 6 heteroatoms. The Labute approximate surface area is 152 Å². The first-order chi connectivity index (χ1) is 11.4. The van der Waals surface area contributed by atoms with Crippen molar-refractivity contribution in [2.24, 2.45) is 0 Å². The monoisotopic (exact) mass is 404 g/mol. The van der Waals surface area contributed by atoms with Crippen LogP contribution in [0, 0.1) is 6.92 Å². The molecule has 2 aromatic carbocycles. The van der Waals surface area contributed by atoms with Crippen LogP contribution >= 0.6 is 27.5 Å². The first-order valence-corrected chi connectivity index (χ1v) is 8.34. The Hall–Kier alpha value is -2.24. The topological polar surface area (TPSA) is 68.3 Å². The van der Waals surface area contributed by atoms with E-state index in [-0.39, 0.29) is 11.7 Å². The summed E-state index contributed by atoms with van der Waals surface area (Å²) < 4.78 is 6.58. The number of anilines is 2. The van der Waals surface area contributed by atoms with Gasteiger partial charge in [0.2, 0.25) is 0 Å². The summed E-state index contributed by atoms with van der Waals surface area (Å²) in [5, 5.41) is 3.26. The zero-order valence-corrected chi connectivity index (χ0v) is 15.1. The summed E-state index contributed by atoms with van der Waals surface area (Å²) in [5.74, 6) is 0.417. The largest absolute Gasteiger partial charge is 0.451 e. The zero-order valence-electron chi connectivity index (χ0n) is 12.8. The summed E-state index contributed by atoms with van der Waals surface area (Å²) in [6.45, 7) is 1.85. The van der Waals surface area contributed by atoms with Crippen molar-refractivity contribution in [3.8, 4) is 11.3 Å². The van der Waals surface area contributed by atoms with Gasteiger partial charge in [0.05, 0.1) is 11.4 Å². The van der Waals surface area contributed by atoms with Crippen LogP contribution in [0.4, 0.5) is 11.4 Å². The second-order valence-corrected chi connectivity index (χ2v) is 6.64. The number of halogens is 2. The molecular formula is C18H14BrClN2O2. The molecule has 3 aromatic rings. The molecule has 0 saturated carbocycles. The maximum atomic E-state index is 12.4. The molecule has 0 fully saturated rings. The highest BCUT2D eigenvalue weighted by Crippen LogP contribution is 2.28. The van der Waals surface area contributed by atoms with Crippen molar-refractivity contribution in [3.63, 3.8) is 0 Å². The fourth-order valence-corrected chi connectivity index (χ4v) is 2.82. The number of nitrogens with two attached hydrogens (primary N) is 1. The molecule has 24 heavy (non-hydrogen) atoms. The molecule has 0 bridgehead atoms. The van der Waals surface area contributed by atoms with Crippen molar-refractivity contribution in [3.05, 3.63) is 69.3 Å². The maximum absolute atomic E-state index is 12.4.